The first kappa shape index (κ1) is 18.5. The lowest BCUT2D eigenvalue weighted by atomic mass is 9.67. The molecule has 24 heavy (non-hydrogen) atoms. The monoisotopic (exact) mass is 376 g/mol. The highest BCUT2D eigenvalue weighted by Gasteiger charge is 2.54. The lowest BCUT2D eigenvalue weighted by Crippen LogP contribution is -2.62. The molecular weight excluding hydrogens is 348 g/mol. The zero-order chi connectivity index (χ0) is 16.1. The third kappa shape index (κ3) is 2.78. The van der Waals surface area contributed by atoms with Crippen LogP contribution < -0.4 is 5.32 Å². The number of amides is 1. The normalized spacial score (nSPS) is 41.0. The SMILES string of the molecule is Cl.O=C(N1CCS(=O)(=O)C2CCCCC21)[C@@]12CCCC[C@H]1CNC2. The number of rotatable bonds is 1. The molecule has 4 aliphatic rings. The van der Waals surface area contributed by atoms with Crippen LogP contribution in [0.4, 0.5) is 0 Å². The van der Waals surface area contributed by atoms with E-state index in [2.05, 4.69) is 5.32 Å². The maximum Gasteiger partial charge on any atom is 0.230 e. The number of hydrogen-bond acceptors (Lipinski definition) is 4. The van der Waals surface area contributed by atoms with Crippen molar-refractivity contribution in [3.63, 3.8) is 0 Å². The molecule has 2 heterocycles. The smallest absolute Gasteiger partial charge is 0.230 e. The Morgan fingerprint density at radius 2 is 1.83 bits per heavy atom. The highest BCUT2D eigenvalue weighted by molar-refractivity contribution is 7.92. The number of hydrogen-bond donors (Lipinski definition) is 1. The molecule has 1 N–H and O–H groups in total. The van der Waals surface area contributed by atoms with Crippen molar-refractivity contribution in [3.8, 4) is 0 Å². The average molecular weight is 377 g/mol. The van der Waals surface area contributed by atoms with E-state index in [4.69, 9.17) is 0 Å². The Morgan fingerprint density at radius 3 is 2.67 bits per heavy atom. The van der Waals surface area contributed by atoms with Crippen LogP contribution in [0.25, 0.3) is 0 Å². The molecule has 2 aliphatic carbocycles. The van der Waals surface area contributed by atoms with E-state index >= 15 is 0 Å². The second-order valence-corrected chi connectivity index (χ2v) is 10.3. The summed E-state index contributed by atoms with van der Waals surface area (Å²) in [6.45, 7) is 2.15. The van der Waals surface area contributed by atoms with Crippen molar-refractivity contribution >= 4 is 28.2 Å². The van der Waals surface area contributed by atoms with Gasteiger partial charge in [0.05, 0.1) is 16.4 Å². The molecule has 2 aliphatic heterocycles. The summed E-state index contributed by atoms with van der Waals surface area (Å²) in [5, 5.41) is 3.14. The predicted molar refractivity (Wildman–Crippen MR) is 96.1 cm³/mol. The molecule has 0 aromatic rings. The van der Waals surface area contributed by atoms with Crippen LogP contribution in [-0.2, 0) is 14.6 Å². The molecule has 4 atom stereocenters. The fraction of sp³-hybridized carbons (Fsp3) is 0.941. The fourth-order valence-corrected chi connectivity index (χ4v) is 7.64. The largest absolute Gasteiger partial charge is 0.337 e. The van der Waals surface area contributed by atoms with Crippen molar-refractivity contribution in [2.75, 3.05) is 25.4 Å². The van der Waals surface area contributed by atoms with E-state index in [0.717, 1.165) is 58.0 Å². The van der Waals surface area contributed by atoms with Crippen LogP contribution in [-0.4, -0.2) is 55.9 Å². The van der Waals surface area contributed by atoms with Crippen LogP contribution in [0.2, 0.25) is 0 Å². The zero-order valence-corrected chi connectivity index (χ0v) is 15.8. The van der Waals surface area contributed by atoms with Gasteiger partial charge in [0.1, 0.15) is 0 Å². The van der Waals surface area contributed by atoms with Crippen molar-refractivity contribution < 1.29 is 13.2 Å². The summed E-state index contributed by atoms with van der Waals surface area (Å²) in [6, 6.07) is -0.0625. The van der Waals surface area contributed by atoms with Gasteiger partial charge in [-0.1, -0.05) is 25.7 Å². The second kappa shape index (κ2) is 6.76. The first-order valence-corrected chi connectivity index (χ1v) is 11.0. The summed E-state index contributed by atoms with van der Waals surface area (Å²) in [5.41, 5.74) is -0.249. The molecular formula is C17H29ClN2O3S. The van der Waals surface area contributed by atoms with E-state index in [1.165, 1.54) is 6.42 Å². The Labute approximate surface area is 151 Å². The van der Waals surface area contributed by atoms with Crippen LogP contribution >= 0.6 is 12.4 Å². The Bertz CT molecular complexity index is 597. The van der Waals surface area contributed by atoms with E-state index in [-0.39, 0.29) is 40.8 Å². The van der Waals surface area contributed by atoms with Crippen molar-refractivity contribution in [3.05, 3.63) is 0 Å². The summed E-state index contributed by atoms with van der Waals surface area (Å²) in [4.78, 5) is 15.5. The van der Waals surface area contributed by atoms with E-state index in [1.54, 1.807) is 0 Å². The van der Waals surface area contributed by atoms with Crippen LogP contribution in [0.3, 0.4) is 0 Å². The van der Waals surface area contributed by atoms with E-state index in [1.807, 2.05) is 4.90 Å². The second-order valence-electron chi connectivity index (χ2n) is 7.99. The molecule has 138 valence electrons. The highest BCUT2D eigenvalue weighted by Crippen LogP contribution is 2.46. The van der Waals surface area contributed by atoms with Gasteiger partial charge in [0.2, 0.25) is 5.91 Å². The quantitative estimate of drug-likeness (QED) is 0.757. The molecule has 1 amide bonds. The molecule has 0 radical (unpaired) electrons. The van der Waals surface area contributed by atoms with Gasteiger partial charge in [-0.25, -0.2) is 8.42 Å². The Kier molecular flexibility index (Phi) is 5.20. The third-order valence-electron chi connectivity index (χ3n) is 6.87. The van der Waals surface area contributed by atoms with Gasteiger partial charge in [0, 0.05) is 19.1 Å². The molecule has 2 saturated carbocycles. The number of sulfone groups is 1. The van der Waals surface area contributed by atoms with Crippen LogP contribution in [0.5, 0.6) is 0 Å². The predicted octanol–water partition coefficient (Wildman–Crippen LogP) is 1.76. The minimum atomic E-state index is -3.01. The molecule has 5 nitrogen and oxygen atoms in total. The Morgan fingerprint density at radius 1 is 1.08 bits per heavy atom. The summed E-state index contributed by atoms with van der Waals surface area (Å²) < 4.78 is 24.9. The van der Waals surface area contributed by atoms with Gasteiger partial charge in [0.15, 0.2) is 9.84 Å². The molecule has 0 bridgehead atoms. The summed E-state index contributed by atoms with van der Waals surface area (Å²) in [7, 11) is -3.01. The summed E-state index contributed by atoms with van der Waals surface area (Å²) in [6.07, 6.45) is 8.11. The molecule has 4 rings (SSSR count). The number of halogens is 1. The minimum Gasteiger partial charge on any atom is -0.337 e. The molecule has 0 spiro atoms. The maximum absolute atomic E-state index is 13.5. The molecule has 0 aromatic carbocycles. The maximum atomic E-state index is 13.5. The lowest BCUT2D eigenvalue weighted by molar-refractivity contribution is -0.148. The van der Waals surface area contributed by atoms with Gasteiger partial charge in [-0.05, 0) is 38.1 Å². The molecule has 2 saturated heterocycles. The average Bonchev–Trinajstić information content (AvgIpc) is 3.00. The van der Waals surface area contributed by atoms with Gasteiger partial charge in [-0.2, -0.15) is 0 Å². The van der Waals surface area contributed by atoms with Crippen LogP contribution in [0.1, 0.15) is 51.4 Å². The van der Waals surface area contributed by atoms with Gasteiger partial charge < -0.3 is 10.2 Å². The number of carbonyl (C=O) groups is 1. The highest BCUT2D eigenvalue weighted by atomic mass is 35.5. The van der Waals surface area contributed by atoms with E-state index in [9.17, 15) is 13.2 Å². The summed E-state index contributed by atoms with van der Waals surface area (Å²) in [5.74, 6) is 0.872. The molecule has 0 aromatic heterocycles. The van der Waals surface area contributed by atoms with Gasteiger partial charge in [-0.3, -0.25) is 4.79 Å². The van der Waals surface area contributed by atoms with E-state index < -0.39 is 9.84 Å². The van der Waals surface area contributed by atoms with Crippen molar-refractivity contribution in [2.24, 2.45) is 11.3 Å². The minimum absolute atomic E-state index is 0. The first-order valence-electron chi connectivity index (χ1n) is 9.28. The molecule has 7 heteroatoms. The van der Waals surface area contributed by atoms with Gasteiger partial charge in [-0.15, -0.1) is 12.4 Å². The van der Waals surface area contributed by atoms with Crippen LogP contribution in [0, 0.1) is 11.3 Å². The molecule has 2 unspecified atom stereocenters. The van der Waals surface area contributed by atoms with Crippen molar-refractivity contribution in [1.29, 1.82) is 0 Å². The lowest BCUT2D eigenvalue weighted by Gasteiger charge is -2.48. The number of fused-ring (bicyclic) bond motifs is 2. The first-order chi connectivity index (χ1) is 11.0. The van der Waals surface area contributed by atoms with Crippen LogP contribution in [0.15, 0.2) is 0 Å². The zero-order valence-electron chi connectivity index (χ0n) is 14.2. The molecule has 4 fully saturated rings. The number of nitrogens with zero attached hydrogens (tertiary/aromatic N) is 1. The third-order valence-corrected chi connectivity index (χ3v) is 9.09. The number of carbonyl (C=O) groups excluding carboxylic acids is 1. The van der Waals surface area contributed by atoms with E-state index in [0.29, 0.717) is 12.5 Å². The fourth-order valence-electron chi connectivity index (χ4n) is 5.60. The van der Waals surface area contributed by atoms with Crippen molar-refractivity contribution in [1.82, 2.24) is 10.2 Å². The van der Waals surface area contributed by atoms with Crippen molar-refractivity contribution in [2.45, 2.75) is 62.7 Å². The Balaban J connectivity index is 0.00000169. The topological polar surface area (TPSA) is 66.5 Å². The summed E-state index contributed by atoms with van der Waals surface area (Å²) >= 11 is 0. The Hall–Kier alpha value is -0.330. The van der Waals surface area contributed by atoms with Gasteiger partial charge in [0.25, 0.3) is 0 Å². The van der Waals surface area contributed by atoms with Gasteiger partial charge >= 0.3 is 0 Å². The number of nitrogens with one attached hydrogen (secondary N) is 1. The standard InChI is InChI=1S/C17H28N2O3S.ClH/c20-16(17-8-4-3-5-13(17)11-18-12-17)19-9-10-23(21,22)15-7-2-1-6-14(15)19;/h13-15,18H,1-12H2;1H/t13-,14?,15?,17+;/m0./s1.